The monoisotopic (exact) mass is 650 g/mol. The van der Waals surface area contributed by atoms with Crippen LogP contribution in [0.2, 0.25) is 0 Å². The molecule has 3 aromatic rings. The summed E-state index contributed by atoms with van der Waals surface area (Å²) in [7, 11) is -0.702. The number of benzene rings is 1. The summed E-state index contributed by atoms with van der Waals surface area (Å²) in [6.45, 7) is 5.53. The molecule has 10 nitrogen and oxygen atoms in total. The first-order valence-electron chi connectivity index (χ1n) is 14.4. The summed E-state index contributed by atoms with van der Waals surface area (Å²) < 4.78 is 73.2. The van der Waals surface area contributed by atoms with E-state index in [0.717, 1.165) is 43.4 Å². The lowest BCUT2D eigenvalue weighted by atomic mass is 10.1. The van der Waals surface area contributed by atoms with Crippen LogP contribution >= 0.6 is 11.3 Å². The molecule has 3 aliphatic heterocycles. The number of alkyl halides is 3. The lowest BCUT2D eigenvalue weighted by Crippen LogP contribution is -2.47. The predicted octanol–water partition coefficient (Wildman–Crippen LogP) is 4.30. The zero-order valence-corrected chi connectivity index (χ0v) is 26.2. The summed E-state index contributed by atoms with van der Waals surface area (Å²) in [4.78, 5) is 26.7. The number of ether oxygens (including phenoxy) is 1. The Morgan fingerprint density at radius 3 is 2.66 bits per heavy atom. The Hall–Kier alpha value is -3.27. The van der Waals surface area contributed by atoms with Gasteiger partial charge in [0.25, 0.3) is 5.91 Å². The number of anilines is 3. The quantitative estimate of drug-likeness (QED) is 0.382. The number of methoxy groups -OCH3 is 1. The topological polar surface area (TPSA) is 108 Å². The molecule has 0 aliphatic carbocycles. The van der Waals surface area contributed by atoms with Gasteiger partial charge in [0.15, 0.2) is 9.84 Å². The number of carbonyl (C=O) groups is 1. The second-order valence-electron chi connectivity index (χ2n) is 11.3. The van der Waals surface area contributed by atoms with Crippen molar-refractivity contribution in [3.05, 3.63) is 46.5 Å². The Morgan fingerprint density at radius 2 is 1.98 bits per heavy atom. The molecule has 2 bridgehead atoms. The predicted molar refractivity (Wildman–Crippen MR) is 161 cm³/mol. The van der Waals surface area contributed by atoms with Crippen molar-refractivity contribution in [3.8, 4) is 10.6 Å². The molecule has 236 valence electrons. The van der Waals surface area contributed by atoms with Gasteiger partial charge in [0.2, 0.25) is 5.95 Å². The average Bonchev–Trinajstić information content (AvgIpc) is 3.72. The summed E-state index contributed by atoms with van der Waals surface area (Å²) >= 11 is 0.691. The van der Waals surface area contributed by atoms with Crippen molar-refractivity contribution in [3.63, 3.8) is 0 Å². The minimum Gasteiger partial charge on any atom is -0.383 e. The van der Waals surface area contributed by atoms with Gasteiger partial charge in [-0.1, -0.05) is 6.92 Å². The van der Waals surface area contributed by atoms with Gasteiger partial charge in [-0.3, -0.25) is 9.69 Å². The Bertz CT molecular complexity index is 1700. The molecule has 0 spiro atoms. The first kappa shape index (κ1) is 30.7. The number of nitrogens with zero attached hydrogens (tertiary/aromatic N) is 5. The molecule has 1 aromatic carbocycles. The number of fused-ring (bicyclic) bond motifs is 3. The molecule has 2 atom stereocenters. The highest BCUT2D eigenvalue weighted by Gasteiger charge is 2.43. The minimum absolute atomic E-state index is 0.00232. The van der Waals surface area contributed by atoms with Gasteiger partial charge in [-0.05, 0) is 42.7 Å². The number of hydrogen-bond donors (Lipinski definition) is 1. The van der Waals surface area contributed by atoms with E-state index in [1.807, 2.05) is 19.1 Å². The number of aromatic nitrogens is 2. The second kappa shape index (κ2) is 11.6. The molecule has 44 heavy (non-hydrogen) atoms. The number of sulfone groups is 1. The highest BCUT2D eigenvalue weighted by Crippen LogP contribution is 2.42. The van der Waals surface area contributed by atoms with E-state index in [1.54, 1.807) is 7.11 Å². The summed E-state index contributed by atoms with van der Waals surface area (Å²) in [6.07, 6.45) is -2.35. The van der Waals surface area contributed by atoms with Crippen molar-refractivity contribution >= 4 is 44.4 Å². The van der Waals surface area contributed by atoms with Crippen LogP contribution in [0.3, 0.4) is 0 Å². The van der Waals surface area contributed by atoms with Crippen LogP contribution in [0.25, 0.3) is 10.6 Å². The van der Waals surface area contributed by atoms with Crippen LogP contribution in [0.5, 0.6) is 0 Å². The SMILES string of the molecule is CCc1cc(N2C[C@H]3C[C@@H]2CN3CCOC)ccc1Nc1ncc(C(F)(F)F)c(-c2cc3c(s2)C(=O)N(C)CCS3(=O)=O)n1. The van der Waals surface area contributed by atoms with Gasteiger partial charge in [0, 0.05) is 70.0 Å². The standard InChI is InChI=1S/C29H33F3N6O4S2/c1-4-17-11-18(38-16-19-12-20(38)15-37(19)7-9-42-3)5-6-22(17)34-28-33-14-21(29(30,31)32)25(35-28)23-13-24-26(43-23)27(39)36(2)8-10-44(24,40)41/h5-6,11,13-14,19-20H,4,7-10,12,15-16H2,1-3H3,(H,33,34,35)/t19-,20-/m1/s1. The second-order valence-corrected chi connectivity index (χ2v) is 14.4. The highest BCUT2D eigenvalue weighted by atomic mass is 32.2. The van der Waals surface area contributed by atoms with Gasteiger partial charge in [-0.15, -0.1) is 11.3 Å². The van der Waals surface area contributed by atoms with E-state index in [2.05, 4.69) is 31.2 Å². The third-order valence-corrected chi connectivity index (χ3v) is 11.6. The molecule has 2 fully saturated rings. The van der Waals surface area contributed by atoms with Crippen molar-refractivity contribution in [2.24, 2.45) is 0 Å². The van der Waals surface area contributed by atoms with Crippen LogP contribution in [-0.2, 0) is 27.2 Å². The lowest BCUT2D eigenvalue weighted by molar-refractivity contribution is -0.137. The van der Waals surface area contributed by atoms with E-state index >= 15 is 0 Å². The molecule has 2 saturated heterocycles. The smallest absolute Gasteiger partial charge is 0.383 e. The van der Waals surface area contributed by atoms with Crippen molar-refractivity contribution in [1.82, 2.24) is 19.8 Å². The first-order valence-corrected chi connectivity index (χ1v) is 16.8. The van der Waals surface area contributed by atoms with Crippen LogP contribution in [0.1, 0.15) is 34.1 Å². The zero-order chi connectivity index (χ0) is 31.4. The summed E-state index contributed by atoms with van der Waals surface area (Å²) in [5.41, 5.74) is 1.10. The normalized spacial score (nSPS) is 21.5. The van der Waals surface area contributed by atoms with Crippen LogP contribution in [-0.4, -0.2) is 98.9 Å². The van der Waals surface area contributed by atoms with E-state index in [0.29, 0.717) is 48.3 Å². The van der Waals surface area contributed by atoms with Gasteiger partial charge in [0.1, 0.15) is 10.4 Å². The number of carbonyl (C=O) groups excluding carboxylic acids is 1. The molecule has 2 aromatic heterocycles. The number of halogens is 3. The van der Waals surface area contributed by atoms with Crippen molar-refractivity contribution < 1.29 is 31.1 Å². The van der Waals surface area contributed by atoms with Gasteiger partial charge >= 0.3 is 6.18 Å². The summed E-state index contributed by atoms with van der Waals surface area (Å²) in [5.74, 6) is -0.943. The van der Waals surface area contributed by atoms with Crippen molar-refractivity contribution in [2.45, 2.75) is 42.9 Å². The zero-order valence-electron chi connectivity index (χ0n) is 24.5. The van der Waals surface area contributed by atoms with Crippen molar-refractivity contribution in [1.29, 1.82) is 0 Å². The highest BCUT2D eigenvalue weighted by molar-refractivity contribution is 7.91. The van der Waals surface area contributed by atoms with E-state index in [4.69, 9.17) is 4.74 Å². The number of likely N-dealkylation sites (tertiary alicyclic amines) is 1. The van der Waals surface area contributed by atoms with E-state index in [-0.39, 0.29) is 32.9 Å². The van der Waals surface area contributed by atoms with E-state index < -0.39 is 33.2 Å². The van der Waals surface area contributed by atoms with Gasteiger partial charge in [0.05, 0.1) is 27.8 Å². The molecular formula is C29H33F3N6O4S2. The average molecular weight is 651 g/mol. The number of thiophene rings is 1. The molecule has 1 N–H and O–H groups in total. The molecule has 3 aliphatic rings. The van der Waals surface area contributed by atoms with Gasteiger partial charge < -0.3 is 19.9 Å². The Morgan fingerprint density at radius 1 is 1.18 bits per heavy atom. The Labute approximate surface area is 257 Å². The minimum atomic E-state index is -4.81. The Balaban J connectivity index is 1.30. The molecule has 0 radical (unpaired) electrons. The van der Waals surface area contributed by atoms with Crippen LogP contribution < -0.4 is 10.2 Å². The molecule has 6 rings (SSSR count). The maximum atomic E-state index is 14.1. The number of amides is 1. The summed E-state index contributed by atoms with van der Waals surface area (Å²) in [6, 6.07) is 8.00. The fourth-order valence-electron chi connectivity index (χ4n) is 6.19. The number of nitrogens with one attached hydrogen (secondary N) is 1. The summed E-state index contributed by atoms with van der Waals surface area (Å²) in [5, 5.41) is 3.08. The van der Waals surface area contributed by atoms with Crippen molar-refractivity contribution in [2.75, 3.05) is 62.9 Å². The van der Waals surface area contributed by atoms with Gasteiger partial charge in [-0.2, -0.15) is 13.2 Å². The van der Waals surface area contributed by atoms with Crippen LogP contribution in [0.15, 0.2) is 35.4 Å². The maximum absolute atomic E-state index is 14.1. The number of piperazine rings is 1. The molecule has 1 amide bonds. The van der Waals surface area contributed by atoms with Crippen LogP contribution in [0, 0.1) is 0 Å². The van der Waals surface area contributed by atoms with E-state index in [9.17, 15) is 26.4 Å². The Kier molecular flexibility index (Phi) is 8.09. The largest absolute Gasteiger partial charge is 0.420 e. The van der Waals surface area contributed by atoms with E-state index in [1.165, 1.54) is 11.9 Å². The number of aryl methyl sites for hydroxylation is 1. The van der Waals surface area contributed by atoms with Crippen LogP contribution in [0.4, 0.5) is 30.5 Å². The third kappa shape index (κ3) is 5.66. The molecular weight excluding hydrogens is 617 g/mol. The molecule has 0 saturated carbocycles. The fourth-order valence-corrected chi connectivity index (χ4v) is 9.23. The number of hydrogen-bond acceptors (Lipinski definition) is 10. The lowest BCUT2D eigenvalue weighted by Gasteiger charge is -2.35. The maximum Gasteiger partial charge on any atom is 0.420 e. The number of rotatable bonds is 8. The molecule has 5 heterocycles. The first-order chi connectivity index (χ1) is 20.9. The molecule has 15 heteroatoms. The van der Waals surface area contributed by atoms with Gasteiger partial charge in [-0.25, -0.2) is 18.4 Å². The fraction of sp³-hybridized carbons (Fsp3) is 0.483. The molecule has 0 unspecified atom stereocenters. The third-order valence-electron chi connectivity index (χ3n) is 8.58.